The van der Waals surface area contributed by atoms with Crippen LogP contribution in [-0.4, -0.2) is 9.55 Å². The fraction of sp³-hybridized carbons (Fsp3) is 0.357. The van der Waals surface area contributed by atoms with Gasteiger partial charge in [0.2, 0.25) is 5.95 Å². The molecule has 0 saturated heterocycles. The molecule has 1 N–H and O–H groups in total. The molecule has 1 aromatic carbocycles. The SMILES string of the molecule is CCc1cc(Nc2nc(C)cn2C)ccc1C. The molecule has 90 valence electrons. The van der Waals surface area contributed by atoms with Crippen molar-refractivity contribution in [1.82, 2.24) is 9.55 Å². The van der Waals surface area contributed by atoms with E-state index in [0.717, 1.165) is 23.8 Å². The predicted octanol–water partition coefficient (Wildman–Crippen LogP) is 3.34. The summed E-state index contributed by atoms with van der Waals surface area (Å²) in [5.41, 5.74) is 4.84. The van der Waals surface area contributed by atoms with Crippen LogP contribution in [-0.2, 0) is 13.5 Å². The lowest BCUT2D eigenvalue weighted by atomic mass is 10.1. The second-order valence-corrected chi connectivity index (χ2v) is 4.44. The van der Waals surface area contributed by atoms with E-state index in [1.165, 1.54) is 11.1 Å². The van der Waals surface area contributed by atoms with Gasteiger partial charge < -0.3 is 9.88 Å². The van der Waals surface area contributed by atoms with Gasteiger partial charge in [0.05, 0.1) is 5.69 Å². The van der Waals surface area contributed by atoms with Crippen LogP contribution < -0.4 is 5.32 Å². The molecule has 0 radical (unpaired) electrons. The highest BCUT2D eigenvalue weighted by Gasteiger charge is 2.04. The summed E-state index contributed by atoms with van der Waals surface area (Å²) in [6, 6.07) is 6.44. The van der Waals surface area contributed by atoms with Crippen LogP contribution in [0.4, 0.5) is 11.6 Å². The number of rotatable bonds is 3. The van der Waals surface area contributed by atoms with Crippen LogP contribution in [0.25, 0.3) is 0 Å². The second-order valence-electron chi connectivity index (χ2n) is 4.44. The van der Waals surface area contributed by atoms with E-state index in [4.69, 9.17) is 0 Å². The van der Waals surface area contributed by atoms with Crippen molar-refractivity contribution in [3.63, 3.8) is 0 Å². The van der Waals surface area contributed by atoms with Gasteiger partial charge in [-0.25, -0.2) is 4.98 Å². The highest BCUT2D eigenvalue weighted by Crippen LogP contribution is 2.19. The molecule has 3 heteroatoms. The molecule has 0 spiro atoms. The minimum absolute atomic E-state index is 0.883. The zero-order valence-electron chi connectivity index (χ0n) is 10.9. The van der Waals surface area contributed by atoms with Crippen molar-refractivity contribution in [1.29, 1.82) is 0 Å². The summed E-state index contributed by atoms with van der Waals surface area (Å²) in [4.78, 5) is 4.44. The molecule has 1 aromatic heterocycles. The first-order chi connectivity index (χ1) is 8.10. The molecule has 0 amide bonds. The van der Waals surface area contributed by atoms with Gasteiger partial charge in [-0.3, -0.25) is 0 Å². The zero-order valence-corrected chi connectivity index (χ0v) is 10.9. The lowest BCUT2D eigenvalue weighted by molar-refractivity contribution is 0.923. The molecule has 2 aromatic rings. The Hall–Kier alpha value is -1.77. The number of hydrogen-bond acceptors (Lipinski definition) is 2. The normalized spacial score (nSPS) is 10.6. The van der Waals surface area contributed by atoms with Gasteiger partial charge in [0.25, 0.3) is 0 Å². The number of hydrogen-bond donors (Lipinski definition) is 1. The molecule has 0 saturated carbocycles. The first kappa shape index (κ1) is 11.7. The average Bonchev–Trinajstić information content (AvgIpc) is 2.60. The smallest absolute Gasteiger partial charge is 0.207 e. The largest absolute Gasteiger partial charge is 0.326 e. The van der Waals surface area contributed by atoms with E-state index in [2.05, 4.69) is 42.3 Å². The number of benzene rings is 1. The molecule has 0 fully saturated rings. The molecule has 0 bridgehead atoms. The average molecular weight is 229 g/mol. The van der Waals surface area contributed by atoms with Gasteiger partial charge in [-0.1, -0.05) is 13.0 Å². The lowest BCUT2D eigenvalue weighted by Crippen LogP contribution is -1.99. The van der Waals surface area contributed by atoms with Crippen LogP contribution in [0.2, 0.25) is 0 Å². The van der Waals surface area contributed by atoms with Crippen LogP contribution >= 0.6 is 0 Å². The summed E-state index contributed by atoms with van der Waals surface area (Å²) < 4.78 is 2.00. The topological polar surface area (TPSA) is 29.9 Å². The molecule has 0 aliphatic heterocycles. The van der Waals surface area contributed by atoms with Gasteiger partial charge in [0.1, 0.15) is 0 Å². The molecule has 1 heterocycles. The zero-order chi connectivity index (χ0) is 12.4. The van der Waals surface area contributed by atoms with E-state index in [1.807, 2.05) is 24.7 Å². The van der Waals surface area contributed by atoms with Gasteiger partial charge >= 0.3 is 0 Å². The minimum Gasteiger partial charge on any atom is -0.326 e. The van der Waals surface area contributed by atoms with Gasteiger partial charge in [-0.05, 0) is 43.5 Å². The molecule has 0 aliphatic carbocycles. The highest BCUT2D eigenvalue weighted by atomic mass is 15.2. The van der Waals surface area contributed by atoms with Crippen molar-refractivity contribution in [3.8, 4) is 0 Å². The summed E-state index contributed by atoms with van der Waals surface area (Å²) in [6.07, 6.45) is 3.07. The number of nitrogens with one attached hydrogen (secondary N) is 1. The maximum atomic E-state index is 4.44. The highest BCUT2D eigenvalue weighted by molar-refractivity contribution is 5.56. The van der Waals surface area contributed by atoms with Gasteiger partial charge in [-0.2, -0.15) is 0 Å². The first-order valence-electron chi connectivity index (χ1n) is 5.96. The summed E-state index contributed by atoms with van der Waals surface area (Å²) in [5, 5.41) is 3.35. The molecule has 17 heavy (non-hydrogen) atoms. The van der Waals surface area contributed by atoms with E-state index < -0.39 is 0 Å². The van der Waals surface area contributed by atoms with E-state index in [9.17, 15) is 0 Å². The Bertz CT molecular complexity index is 526. The van der Waals surface area contributed by atoms with Crippen LogP contribution in [0.15, 0.2) is 24.4 Å². The lowest BCUT2D eigenvalue weighted by Gasteiger charge is -2.09. The molecular formula is C14H19N3. The molecule has 0 aliphatic rings. The Labute approximate surface area is 103 Å². The quantitative estimate of drug-likeness (QED) is 0.874. The number of nitrogens with zero attached hydrogens (tertiary/aromatic N) is 2. The van der Waals surface area contributed by atoms with Gasteiger partial charge in [0, 0.05) is 18.9 Å². The van der Waals surface area contributed by atoms with Crippen molar-refractivity contribution < 1.29 is 0 Å². The second kappa shape index (κ2) is 4.62. The van der Waals surface area contributed by atoms with Gasteiger partial charge in [0.15, 0.2) is 0 Å². The van der Waals surface area contributed by atoms with E-state index in [0.29, 0.717) is 0 Å². The number of aromatic nitrogens is 2. The predicted molar refractivity (Wildman–Crippen MR) is 71.8 cm³/mol. The van der Waals surface area contributed by atoms with Crippen molar-refractivity contribution in [2.45, 2.75) is 27.2 Å². The van der Waals surface area contributed by atoms with Crippen LogP contribution in [0.1, 0.15) is 23.7 Å². The standard InChI is InChI=1S/C14H19N3/c1-5-12-8-13(7-6-10(12)2)16-14-15-11(3)9-17(14)4/h6-9H,5H2,1-4H3,(H,15,16). The van der Waals surface area contributed by atoms with E-state index in [1.54, 1.807) is 0 Å². The molecule has 0 atom stereocenters. The molecule has 2 rings (SSSR count). The van der Waals surface area contributed by atoms with Crippen molar-refractivity contribution >= 4 is 11.6 Å². The maximum absolute atomic E-state index is 4.44. The molecule has 3 nitrogen and oxygen atoms in total. The van der Waals surface area contributed by atoms with Crippen molar-refractivity contribution in [2.24, 2.45) is 7.05 Å². The Morgan fingerprint density at radius 2 is 2.06 bits per heavy atom. The third kappa shape index (κ3) is 2.49. The third-order valence-corrected chi connectivity index (χ3v) is 2.98. The summed E-state index contributed by atoms with van der Waals surface area (Å²) in [6.45, 7) is 6.32. The Morgan fingerprint density at radius 1 is 1.29 bits per heavy atom. The molecular weight excluding hydrogens is 210 g/mol. The fourth-order valence-electron chi connectivity index (χ4n) is 1.99. The van der Waals surface area contributed by atoms with Crippen molar-refractivity contribution in [2.75, 3.05) is 5.32 Å². The maximum Gasteiger partial charge on any atom is 0.207 e. The number of imidazole rings is 1. The minimum atomic E-state index is 0.883. The number of aryl methyl sites for hydroxylation is 4. The molecule has 0 unspecified atom stereocenters. The summed E-state index contributed by atoms with van der Waals surface area (Å²) in [5.74, 6) is 0.883. The van der Waals surface area contributed by atoms with E-state index >= 15 is 0 Å². The van der Waals surface area contributed by atoms with Crippen LogP contribution in [0.5, 0.6) is 0 Å². The van der Waals surface area contributed by atoms with E-state index in [-0.39, 0.29) is 0 Å². The van der Waals surface area contributed by atoms with Gasteiger partial charge in [-0.15, -0.1) is 0 Å². The first-order valence-corrected chi connectivity index (χ1v) is 5.96. The number of anilines is 2. The third-order valence-electron chi connectivity index (χ3n) is 2.98. The Balaban J connectivity index is 2.27. The Kier molecular flexibility index (Phi) is 3.18. The Morgan fingerprint density at radius 3 is 2.65 bits per heavy atom. The summed E-state index contributed by atoms with van der Waals surface area (Å²) in [7, 11) is 2.00. The fourth-order valence-corrected chi connectivity index (χ4v) is 1.99. The van der Waals surface area contributed by atoms with Crippen LogP contribution in [0.3, 0.4) is 0 Å². The van der Waals surface area contributed by atoms with Crippen LogP contribution in [0, 0.1) is 13.8 Å². The summed E-state index contributed by atoms with van der Waals surface area (Å²) >= 11 is 0. The monoisotopic (exact) mass is 229 g/mol. The van der Waals surface area contributed by atoms with Crippen molar-refractivity contribution in [3.05, 3.63) is 41.2 Å².